The van der Waals surface area contributed by atoms with Crippen LogP contribution in [0.15, 0.2) is 54.6 Å². The Bertz CT molecular complexity index is 1360. The summed E-state index contributed by atoms with van der Waals surface area (Å²) in [6, 6.07) is 10.7. The summed E-state index contributed by atoms with van der Waals surface area (Å²) in [6.45, 7) is -3.75. The maximum absolute atomic E-state index is 14.7. The summed E-state index contributed by atoms with van der Waals surface area (Å²) < 4.78 is 188. The minimum atomic E-state index is -8.08. The molecule has 0 saturated carbocycles. The molecule has 2 aromatic rings. The highest BCUT2D eigenvalue weighted by atomic mass is 19.4. The van der Waals surface area contributed by atoms with E-state index in [4.69, 9.17) is 9.47 Å². The predicted molar refractivity (Wildman–Crippen MR) is 140 cm³/mol. The van der Waals surface area contributed by atoms with Crippen LogP contribution in [0, 0.1) is 0 Å². The number of rotatable bonds is 17. The third-order valence-corrected chi connectivity index (χ3v) is 6.58. The van der Waals surface area contributed by atoms with Gasteiger partial charge in [0.05, 0.1) is 13.1 Å². The Morgan fingerprint density at radius 1 is 0.771 bits per heavy atom. The molecule has 2 amide bonds. The summed E-state index contributed by atoms with van der Waals surface area (Å²) >= 11 is 0. The van der Waals surface area contributed by atoms with Crippen LogP contribution in [0.5, 0.6) is 5.75 Å². The van der Waals surface area contributed by atoms with Crippen molar-refractivity contribution in [1.29, 1.82) is 0 Å². The Hall–Kier alpha value is -3.97. The third kappa shape index (κ3) is 8.73. The van der Waals surface area contributed by atoms with Gasteiger partial charge in [0.2, 0.25) is 0 Å². The number of carbonyl (C=O) groups is 2. The molecule has 0 spiro atoms. The fraction of sp³-hybridized carbons (Fsp3) is 0.500. The quantitative estimate of drug-likeness (QED) is 0.171. The number of ether oxygens (including phenoxy) is 2. The topological polar surface area (TPSA) is 88.1 Å². The van der Waals surface area contributed by atoms with Crippen molar-refractivity contribution < 1.29 is 81.2 Å². The van der Waals surface area contributed by atoms with Crippen molar-refractivity contribution >= 4 is 12.0 Å². The average molecular weight is 719 g/mol. The zero-order chi connectivity index (χ0) is 36.8. The second-order valence-electron chi connectivity index (χ2n) is 10.0. The van der Waals surface area contributed by atoms with Gasteiger partial charge in [0.1, 0.15) is 12.4 Å². The number of hydrogen-bond donors (Lipinski definition) is 2. The first kappa shape index (κ1) is 40.2. The minimum Gasteiger partial charge on any atom is -0.492 e. The molecule has 0 radical (unpaired) electrons. The summed E-state index contributed by atoms with van der Waals surface area (Å²) in [5.41, 5.74) is 0.718. The molecule has 7 nitrogen and oxygen atoms in total. The van der Waals surface area contributed by atoms with Crippen LogP contribution < -0.4 is 10.1 Å². The van der Waals surface area contributed by atoms with Gasteiger partial charge in [-0.15, -0.1) is 0 Å². The number of benzene rings is 2. The van der Waals surface area contributed by atoms with E-state index in [2.05, 4.69) is 0 Å². The SMILES string of the molecule is CCOC(Cc1ccc(OCCN(CC(F)(F)C(F)(F)C(F)(F)C(F)(F)C(F)(F)C(F)(F)F)C(=O)NCc2ccccc2)cc1)C(=O)O. The van der Waals surface area contributed by atoms with Gasteiger partial charge in [-0.2, -0.15) is 57.1 Å². The first-order chi connectivity index (χ1) is 21.9. The second kappa shape index (κ2) is 15.1. The number of halogens is 13. The van der Waals surface area contributed by atoms with Gasteiger partial charge in [-0.1, -0.05) is 42.5 Å². The van der Waals surface area contributed by atoms with E-state index in [1.807, 2.05) is 5.32 Å². The summed E-state index contributed by atoms with van der Waals surface area (Å²) in [6.07, 6.45) is -8.86. The lowest BCUT2D eigenvalue weighted by atomic mass is 9.93. The highest BCUT2D eigenvalue weighted by molar-refractivity contribution is 5.74. The summed E-state index contributed by atoms with van der Waals surface area (Å²) in [4.78, 5) is 23.6. The van der Waals surface area contributed by atoms with Crippen LogP contribution in [0.2, 0.25) is 0 Å². The van der Waals surface area contributed by atoms with Gasteiger partial charge in [-0.3, -0.25) is 0 Å². The molecular formula is C28H27F13N2O5. The van der Waals surface area contributed by atoms with Gasteiger partial charge in [0.15, 0.2) is 6.10 Å². The molecule has 0 saturated heterocycles. The Balaban J connectivity index is 2.30. The monoisotopic (exact) mass is 718 g/mol. The molecule has 2 aromatic carbocycles. The van der Waals surface area contributed by atoms with Crippen LogP contribution in [-0.4, -0.2) is 90.2 Å². The molecule has 0 aliphatic rings. The maximum Gasteiger partial charge on any atom is 0.460 e. The van der Waals surface area contributed by atoms with Crippen LogP contribution in [0.4, 0.5) is 61.9 Å². The Labute approximate surface area is 263 Å². The van der Waals surface area contributed by atoms with E-state index >= 15 is 0 Å². The van der Waals surface area contributed by atoms with Gasteiger partial charge in [0, 0.05) is 19.6 Å². The molecule has 20 heteroatoms. The van der Waals surface area contributed by atoms with Gasteiger partial charge < -0.3 is 24.8 Å². The number of alkyl halides is 13. The van der Waals surface area contributed by atoms with E-state index < -0.39 is 80.1 Å². The van der Waals surface area contributed by atoms with Crippen molar-refractivity contribution in [3.05, 3.63) is 65.7 Å². The number of urea groups is 1. The molecule has 1 unspecified atom stereocenters. The van der Waals surface area contributed by atoms with Crippen molar-refractivity contribution in [3.63, 3.8) is 0 Å². The van der Waals surface area contributed by atoms with E-state index in [1.54, 1.807) is 6.92 Å². The standard InChI is InChI=1S/C28H27F13N2O5/c1-2-47-20(21(44)45)14-17-8-10-19(11-9-17)48-13-12-43(22(46)42-15-18-6-4-3-5-7-18)16-23(29,30)24(31,32)25(33,34)26(35,36)27(37,38)28(39,40)41/h3-11,20H,2,12-16H2,1H3,(H,42,46)(H,44,45). The maximum atomic E-state index is 14.7. The molecule has 1 atom stereocenters. The molecule has 270 valence electrons. The normalized spacial score (nSPS) is 14.0. The molecular weight excluding hydrogens is 691 g/mol. The van der Waals surface area contributed by atoms with Crippen molar-refractivity contribution in [2.24, 2.45) is 0 Å². The number of aliphatic carboxylic acids is 1. The zero-order valence-electron chi connectivity index (χ0n) is 24.5. The number of carboxylic acid groups (broad SMARTS) is 1. The minimum absolute atomic E-state index is 0.0793. The fourth-order valence-corrected chi connectivity index (χ4v) is 3.91. The smallest absolute Gasteiger partial charge is 0.460 e. The number of carbonyl (C=O) groups excluding carboxylic acids is 1. The summed E-state index contributed by atoms with van der Waals surface area (Å²) in [5, 5.41) is 11.1. The molecule has 0 aromatic heterocycles. The van der Waals surface area contributed by atoms with E-state index in [0.29, 0.717) is 11.1 Å². The fourth-order valence-electron chi connectivity index (χ4n) is 3.91. The number of amides is 2. The molecule has 0 aliphatic carbocycles. The van der Waals surface area contributed by atoms with Crippen molar-refractivity contribution in [2.45, 2.75) is 61.8 Å². The number of hydrogen-bond acceptors (Lipinski definition) is 4. The number of nitrogens with zero attached hydrogens (tertiary/aromatic N) is 1. The first-order valence-corrected chi connectivity index (χ1v) is 13.5. The van der Waals surface area contributed by atoms with E-state index in [9.17, 15) is 71.8 Å². The van der Waals surface area contributed by atoms with Crippen LogP contribution in [0.3, 0.4) is 0 Å². The highest BCUT2D eigenvalue weighted by Gasteiger charge is 2.90. The molecule has 2 rings (SSSR count). The van der Waals surface area contributed by atoms with Crippen molar-refractivity contribution in [1.82, 2.24) is 10.2 Å². The molecule has 2 N–H and O–H groups in total. The van der Waals surface area contributed by atoms with Gasteiger partial charge >= 0.3 is 47.8 Å². The van der Waals surface area contributed by atoms with Crippen LogP contribution in [0.25, 0.3) is 0 Å². The highest BCUT2D eigenvalue weighted by Crippen LogP contribution is 2.60. The van der Waals surface area contributed by atoms with Gasteiger partial charge in [-0.05, 0) is 30.2 Å². The average Bonchev–Trinajstić information content (AvgIpc) is 2.99. The number of nitrogens with one attached hydrogen (secondary N) is 1. The summed E-state index contributed by atoms with van der Waals surface area (Å²) in [7, 11) is 0. The Morgan fingerprint density at radius 3 is 1.81 bits per heavy atom. The second-order valence-corrected chi connectivity index (χ2v) is 10.0. The summed E-state index contributed by atoms with van der Waals surface area (Å²) in [5.74, 6) is -39.4. The largest absolute Gasteiger partial charge is 0.492 e. The Morgan fingerprint density at radius 2 is 1.31 bits per heavy atom. The van der Waals surface area contributed by atoms with E-state index in [1.165, 1.54) is 54.6 Å². The van der Waals surface area contributed by atoms with Crippen LogP contribution >= 0.6 is 0 Å². The number of carboxylic acids is 1. The van der Waals surface area contributed by atoms with E-state index in [0.717, 1.165) is 0 Å². The van der Waals surface area contributed by atoms with Gasteiger partial charge in [0.25, 0.3) is 0 Å². The first-order valence-electron chi connectivity index (χ1n) is 13.5. The van der Waals surface area contributed by atoms with Crippen molar-refractivity contribution in [2.75, 3.05) is 26.3 Å². The molecule has 48 heavy (non-hydrogen) atoms. The lowest BCUT2D eigenvalue weighted by molar-refractivity contribution is -0.439. The molecule has 0 bridgehead atoms. The third-order valence-electron chi connectivity index (χ3n) is 6.58. The van der Waals surface area contributed by atoms with Crippen LogP contribution in [-0.2, 0) is 22.5 Å². The van der Waals surface area contributed by atoms with Crippen molar-refractivity contribution in [3.8, 4) is 5.75 Å². The zero-order valence-corrected chi connectivity index (χ0v) is 24.5. The molecule has 0 heterocycles. The predicted octanol–water partition coefficient (Wildman–Crippen LogP) is 7.05. The Kier molecular flexibility index (Phi) is 12.6. The van der Waals surface area contributed by atoms with Gasteiger partial charge in [-0.25, -0.2) is 9.59 Å². The lowest BCUT2D eigenvalue weighted by Gasteiger charge is -2.40. The molecule has 0 fully saturated rings. The molecule has 0 aliphatic heterocycles. The van der Waals surface area contributed by atoms with E-state index in [-0.39, 0.29) is 23.7 Å². The van der Waals surface area contributed by atoms with Crippen LogP contribution in [0.1, 0.15) is 18.1 Å². The lowest BCUT2D eigenvalue weighted by Crippen LogP contribution is -2.71.